The molecule has 3 rings (SSSR count). The summed E-state index contributed by atoms with van der Waals surface area (Å²) >= 11 is 0. The van der Waals surface area contributed by atoms with Crippen LogP contribution in [-0.4, -0.2) is 108 Å². The molecule has 0 spiro atoms. The molecular weight excluding hydrogens is 434 g/mol. The van der Waals surface area contributed by atoms with Gasteiger partial charge >= 0.3 is 0 Å². The Kier molecular flexibility index (Phi) is 9.09. The molecular formula is C21H43N5O7. The molecule has 2 aliphatic heterocycles. The molecule has 0 aromatic heterocycles. The Morgan fingerprint density at radius 1 is 0.970 bits per heavy atom. The summed E-state index contributed by atoms with van der Waals surface area (Å²) in [4.78, 5) is 0. The summed E-state index contributed by atoms with van der Waals surface area (Å²) < 4.78 is 23.5. The maximum Gasteiger partial charge on any atom is 0.185 e. The van der Waals surface area contributed by atoms with Crippen LogP contribution in [0.5, 0.6) is 0 Å². The Balaban J connectivity index is 1.67. The molecule has 1 aliphatic carbocycles. The molecule has 12 N–H and O–H groups in total. The molecule has 33 heavy (non-hydrogen) atoms. The average molecular weight is 478 g/mol. The average Bonchev–Trinajstić information content (AvgIpc) is 2.91. The quantitative estimate of drug-likeness (QED) is 0.188. The van der Waals surface area contributed by atoms with Crippen LogP contribution in [0.3, 0.4) is 0 Å². The molecule has 7 unspecified atom stereocenters. The van der Waals surface area contributed by atoms with Crippen LogP contribution in [0.25, 0.3) is 0 Å². The van der Waals surface area contributed by atoms with Gasteiger partial charge in [0.25, 0.3) is 0 Å². The monoisotopic (exact) mass is 477 g/mol. The van der Waals surface area contributed by atoms with Crippen molar-refractivity contribution < 1.29 is 34.3 Å². The van der Waals surface area contributed by atoms with Gasteiger partial charge in [-0.3, -0.25) is 0 Å². The second-order valence-corrected chi connectivity index (χ2v) is 10.1. The van der Waals surface area contributed by atoms with Crippen molar-refractivity contribution in [2.75, 3.05) is 20.3 Å². The molecule has 2 saturated heterocycles. The van der Waals surface area contributed by atoms with E-state index in [2.05, 4.69) is 5.32 Å². The van der Waals surface area contributed by atoms with Crippen LogP contribution in [-0.2, 0) is 18.9 Å². The number of aliphatic hydroxyl groups excluding tert-OH is 2. The van der Waals surface area contributed by atoms with Crippen molar-refractivity contribution >= 4 is 0 Å². The first-order chi connectivity index (χ1) is 15.5. The minimum Gasteiger partial charge on any atom is -0.388 e. The molecule has 194 valence electrons. The van der Waals surface area contributed by atoms with Crippen molar-refractivity contribution in [3.05, 3.63) is 0 Å². The van der Waals surface area contributed by atoms with E-state index >= 15 is 0 Å². The minimum absolute atomic E-state index is 0.0293. The van der Waals surface area contributed by atoms with Crippen molar-refractivity contribution in [1.29, 1.82) is 0 Å². The van der Waals surface area contributed by atoms with Crippen LogP contribution in [0.4, 0.5) is 0 Å². The van der Waals surface area contributed by atoms with Crippen LogP contribution in [0, 0.1) is 5.92 Å². The fourth-order valence-corrected chi connectivity index (χ4v) is 5.04. The maximum atomic E-state index is 11.1. The SMILES string of the molecule is CNC1C(O)[C@@H](O[C@H]2C(N)C[C@H](N)C(O[C@H]3OCC([C@@H](C)N)CCC3N)C2O)OC[C@]1(C)O. The zero-order valence-corrected chi connectivity index (χ0v) is 19.7. The van der Waals surface area contributed by atoms with Crippen molar-refractivity contribution in [2.45, 2.75) is 106 Å². The van der Waals surface area contributed by atoms with Crippen LogP contribution in [0.1, 0.15) is 33.1 Å². The van der Waals surface area contributed by atoms with E-state index in [-0.39, 0.29) is 18.6 Å². The minimum atomic E-state index is -1.29. The zero-order chi connectivity index (χ0) is 24.5. The summed E-state index contributed by atoms with van der Waals surface area (Å²) in [6.07, 6.45) is -4.23. The van der Waals surface area contributed by atoms with E-state index in [0.29, 0.717) is 19.4 Å². The lowest BCUT2D eigenvalue weighted by Gasteiger charge is -2.48. The van der Waals surface area contributed by atoms with E-state index in [1.165, 1.54) is 0 Å². The molecule has 0 aromatic carbocycles. The standard InChI is InChI=1S/C21H43N5O7/c1-9(22)10-4-5-11(23)19(30-7-10)32-16-12(24)6-13(25)17(14(16)27)33-20-15(28)18(26-3)21(2,29)8-31-20/h9-20,26-29H,4-8,22-25H2,1-3H3/t9-,10?,11?,12+,13?,14?,15?,16?,17+,18?,19-,20-,21+/m1/s1. The Hall–Kier alpha value is -0.480. The number of hydrogen-bond acceptors (Lipinski definition) is 12. The number of nitrogens with two attached hydrogens (primary N) is 4. The molecule has 0 amide bonds. The normalized spacial score (nSPS) is 50.5. The number of aliphatic hydroxyl groups is 3. The van der Waals surface area contributed by atoms with Gasteiger partial charge < -0.3 is 62.5 Å². The number of rotatable bonds is 6. The zero-order valence-electron chi connectivity index (χ0n) is 19.7. The highest BCUT2D eigenvalue weighted by Crippen LogP contribution is 2.31. The first-order valence-corrected chi connectivity index (χ1v) is 11.8. The van der Waals surface area contributed by atoms with E-state index in [1.54, 1.807) is 14.0 Å². The largest absolute Gasteiger partial charge is 0.388 e. The molecule has 0 aromatic rings. The third-order valence-corrected chi connectivity index (χ3v) is 7.22. The van der Waals surface area contributed by atoms with Gasteiger partial charge in [0.15, 0.2) is 12.6 Å². The molecule has 3 fully saturated rings. The smallest absolute Gasteiger partial charge is 0.185 e. The van der Waals surface area contributed by atoms with Crippen molar-refractivity contribution in [1.82, 2.24) is 5.32 Å². The van der Waals surface area contributed by atoms with E-state index in [1.807, 2.05) is 6.92 Å². The fraction of sp³-hybridized carbons (Fsp3) is 1.00. The molecule has 0 bridgehead atoms. The summed E-state index contributed by atoms with van der Waals surface area (Å²) in [5.74, 6) is 0.168. The van der Waals surface area contributed by atoms with Gasteiger partial charge in [0, 0.05) is 18.1 Å². The van der Waals surface area contributed by atoms with Crippen molar-refractivity contribution in [3.8, 4) is 0 Å². The number of likely N-dealkylation sites (N-methyl/N-ethyl adjacent to an activating group) is 1. The molecule has 13 atom stereocenters. The summed E-state index contributed by atoms with van der Waals surface area (Å²) in [7, 11) is 1.63. The van der Waals surface area contributed by atoms with E-state index in [4.69, 9.17) is 41.9 Å². The summed E-state index contributed by atoms with van der Waals surface area (Å²) in [6, 6.07) is -2.31. The fourth-order valence-electron chi connectivity index (χ4n) is 5.04. The van der Waals surface area contributed by atoms with Crippen molar-refractivity contribution in [3.63, 3.8) is 0 Å². The van der Waals surface area contributed by atoms with Crippen LogP contribution in [0.2, 0.25) is 0 Å². The van der Waals surface area contributed by atoms with Gasteiger partial charge in [0.05, 0.1) is 25.3 Å². The van der Waals surface area contributed by atoms with Crippen LogP contribution in [0.15, 0.2) is 0 Å². The van der Waals surface area contributed by atoms with E-state index in [0.717, 1.165) is 6.42 Å². The summed E-state index contributed by atoms with van der Waals surface area (Å²) in [5.41, 5.74) is 23.5. The third kappa shape index (κ3) is 6.02. The first-order valence-electron chi connectivity index (χ1n) is 11.8. The van der Waals surface area contributed by atoms with Crippen molar-refractivity contribution in [2.24, 2.45) is 28.9 Å². The third-order valence-electron chi connectivity index (χ3n) is 7.22. The van der Waals surface area contributed by atoms with E-state index in [9.17, 15) is 15.3 Å². The number of nitrogens with one attached hydrogen (secondary N) is 1. The molecule has 0 radical (unpaired) electrons. The Morgan fingerprint density at radius 3 is 2.15 bits per heavy atom. The highest BCUT2D eigenvalue weighted by molar-refractivity contribution is 5.01. The number of hydrogen-bond donors (Lipinski definition) is 8. The molecule has 3 aliphatic rings. The second-order valence-electron chi connectivity index (χ2n) is 10.1. The number of ether oxygens (including phenoxy) is 4. The van der Waals surface area contributed by atoms with Gasteiger partial charge in [0.1, 0.15) is 30.0 Å². The van der Waals surface area contributed by atoms with Gasteiger partial charge in [-0.2, -0.15) is 0 Å². The predicted molar refractivity (Wildman–Crippen MR) is 120 cm³/mol. The second kappa shape index (κ2) is 11.1. The van der Waals surface area contributed by atoms with Crippen LogP contribution >= 0.6 is 0 Å². The van der Waals surface area contributed by atoms with Crippen LogP contribution < -0.4 is 28.3 Å². The molecule has 12 nitrogen and oxygen atoms in total. The van der Waals surface area contributed by atoms with Gasteiger partial charge in [-0.1, -0.05) is 0 Å². The van der Waals surface area contributed by atoms with Gasteiger partial charge in [-0.05, 0) is 46.1 Å². The van der Waals surface area contributed by atoms with Gasteiger partial charge in [-0.15, -0.1) is 0 Å². The first kappa shape index (κ1) is 27.1. The Labute approximate surface area is 195 Å². The summed E-state index contributed by atoms with van der Waals surface area (Å²) in [5, 5.41) is 35.1. The van der Waals surface area contributed by atoms with Gasteiger partial charge in [-0.25, -0.2) is 0 Å². The lowest BCUT2D eigenvalue weighted by molar-refractivity contribution is -0.303. The highest BCUT2D eigenvalue weighted by Gasteiger charge is 2.50. The summed E-state index contributed by atoms with van der Waals surface area (Å²) in [6.45, 7) is 3.83. The lowest BCUT2D eigenvalue weighted by Crippen LogP contribution is -2.68. The molecule has 12 heteroatoms. The lowest BCUT2D eigenvalue weighted by atomic mass is 9.84. The maximum absolute atomic E-state index is 11.1. The Morgan fingerprint density at radius 2 is 1.58 bits per heavy atom. The topological polar surface area (TPSA) is 214 Å². The van der Waals surface area contributed by atoms with Gasteiger partial charge in [0.2, 0.25) is 0 Å². The Bertz CT molecular complexity index is 630. The van der Waals surface area contributed by atoms with E-state index < -0.39 is 66.8 Å². The molecule has 2 heterocycles. The highest BCUT2D eigenvalue weighted by atomic mass is 16.7. The molecule has 1 saturated carbocycles. The predicted octanol–water partition coefficient (Wildman–Crippen LogP) is -3.34.